The van der Waals surface area contributed by atoms with Crippen molar-refractivity contribution in [3.8, 4) is 28.6 Å². The van der Waals surface area contributed by atoms with Crippen LogP contribution in [0.4, 0.5) is 16.6 Å². The first-order chi connectivity index (χ1) is 21.5. The molecular weight excluding hydrogens is 554 g/mol. The lowest BCUT2D eigenvalue weighted by molar-refractivity contribution is 0.240. The highest BCUT2D eigenvalue weighted by Crippen LogP contribution is 2.30. The summed E-state index contributed by atoms with van der Waals surface area (Å²) in [7, 11) is 1.88. The van der Waals surface area contributed by atoms with E-state index in [1.54, 1.807) is 22.0 Å². The fourth-order valence-corrected chi connectivity index (χ4v) is 5.53. The summed E-state index contributed by atoms with van der Waals surface area (Å²) in [4.78, 5) is 29.2. The number of aromatic amines is 1. The Balaban J connectivity index is 1.17. The maximum Gasteiger partial charge on any atom is 0.323 e. The summed E-state index contributed by atoms with van der Waals surface area (Å²) in [5, 5.41) is 27.5. The van der Waals surface area contributed by atoms with Crippen LogP contribution in [-0.2, 0) is 13.6 Å². The minimum absolute atomic E-state index is 0.0361. The van der Waals surface area contributed by atoms with E-state index in [-0.39, 0.29) is 18.1 Å². The number of H-pyrrole nitrogens is 1. The van der Waals surface area contributed by atoms with Crippen LogP contribution in [0.2, 0.25) is 0 Å². The Morgan fingerprint density at radius 2 is 1.89 bits per heavy atom. The van der Waals surface area contributed by atoms with Gasteiger partial charge in [-0.2, -0.15) is 15.5 Å². The molecule has 0 saturated heterocycles. The summed E-state index contributed by atoms with van der Waals surface area (Å²) < 4.78 is 1.75. The number of urea groups is 1. The molecule has 0 spiro atoms. The van der Waals surface area contributed by atoms with Gasteiger partial charge in [-0.05, 0) is 56.4 Å². The Kier molecular flexibility index (Phi) is 8.27. The van der Waals surface area contributed by atoms with E-state index in [1.807, 2.05) is 68.7 Å². The number of carbonyl (C=O) groups is 1. The van der Waals surface area contributed by atoms with E-state index in [0.717, 1.165) is 48.1 Å². The first-order valence-electron chi connectivity index (χ1n) is 14.6. The van der Waals surface area contributed by atoms with Crippen molar-refractivity contribution >= 4 is 17.8 Å². The van der Waals surface area contributed by atoms with Crippen molar-refractivity contribution in [3.05, 3.63) is 90.1 Å². The fourth-order valence-electron chi connectivity index (χ4n) is 5.53. The molecule has 1 saturated carbocycles. The van der Waals surface area contributed by atoms with Crippen LogP contribution in [-0.4, -0.2) is 53.0 Å². The van der Waals surface area contributed by atoms with Gasteiger partial charge in [-0.25, -0.2) is 19.7 Å². The summed E-state index contributed by atoms with van der Waals surface area (Å²) in [5.74, 6) is 1.06. The topological polar surface area (TPSA) is 153 Å². The van der Waals surface area contributed by atoms with Crippen molar-refractivity contribution in [2.45, 2.75) is 51.2 Å². The molecule has 1 fully saturated rings. The third-order valence-electron chi connectivity index (χ3n) is 7.80. The van der Waals surface area contributed by atoms with Gasteiger partial charge in [-0.1, -0.05) is 30.3 Å². The molecule has 4 heterocycles. The van der Waals surface area contributed by atoms with E-state index in [2.05, 4.69) is 42.0 Å². The van der Waals surface area contributed by atoms with Crippen molar-refractivity contribution < 1.29 is 4.79 Å². The fraction of sp³-hybridized carbons (Fsp3) is 0.281. The Bertz CT molecular complexity index is 1760. The number of amides is 2. The smallest absolute Gasteiger partial charge is 0.323 e. The molecule has 222 valence electrons. The van der Waals surface area contributed by atoms with Gasteiger partial charge in [0.25, 0.3) is 0 Å². The van der Waals surface area contributed by atoms with E-state index in [9.17, 15) is 10.1 Å². The minimum atomic E-state index is -0.179. The Hall–Kier alpha value is -5.57. The summed E-state index contributed by atoms with van der Waals surface area (Å²) in [6.07, 6.45) is 10.2. The Morgan fingerprint density at radius 3 is 2.55 bits per heavy atom. The number of pyridine rings is 1. The van der Waals surface area contributed by atoms with Gasteiger partial charge in [0.05, 0.1) is 29.3 Å². The van der Waals surface area contributed by atoms with Crippen LogP contribution in [0.3, 0.4) is 0 Å². The molecule has 4 aromatic heterocycles. The number of nitrogens with zero attached hydrogens (tertiary/aromatic N) is 8. The van der Waals surface area contributed by atoms with Gasteiger partial charge in [-0.3, -0.25) is 14.7 Å². The van der Waals surface area contributed by atoms with Crippen molar-refractivity contribution in [2.75, 3.05) is 10.2 Å². The summed E-state index contributed by atoms with van der Waals surface area (Å²) in [6, 6.07) is 17.7. The van der Waals surface area contributed by atoms with Gasteiger partial charge in [0.2, 0.25) is 5.95 Å². The standard InChI is InChI=1S/C32H33N11O/c1-21-14-28(41-40-21)30-24(15-33)18-35-31(39-30)38-26-9-11-27(12-10-26)43(32(44)36-16-22-6-4-3-5-7-22)29-13-8-23(17-34-29)25-19-37-42(2)20-25/h3-8,13-14,17-20,26-27H,9-12,16H2,1-2H3,(H,36,44)(H,40,41)(H,35,38,39)/t26-,27-. The number of aromatic nitrogens is 7. The molecule has 0 bridgehead atoms. The zero-order valence-corrected chi connectivity index (χ0v) is 24.6. The van der Waals surface area contributed by atoms with Crippen LogP contribution in [0.25, 0.3) is 22.5 Å². The molecule has 5 aromatic rings. The summed E-state index contributed by atoms with van der Waals surface area (Å²) >= 11 is 0. The maximum absolute atomic E-state index is 13.7. The maximum atomic E-state index is 13.7. The molecule has 0 aliphatic heterocycles. The van der Waals surface area contributed by atoms with E-state index in [1.165, 1.54) is 6.20 Å². The molecule has 0 radical (unpaired) electrons. The average molecular weight is 588 g/mol. The third-order valence-corrected chi connectivity index (χ3v) is 7.80. The molecule has 1 aromatic carbocycles. The van der Waals surface area contributed by atoms with Gasteiger partial charge >= 0.3 is 6.03 Å². The number of nitrogens with one attached hydrogen (secondary N) is 3. The van der Waals surface area contributed by atoms with Gasteiger partial charge in [0.15, 0.2) is 0 Å². The molecule has 2 amide bonds. The molecule has 0 unspecified atom stereocenters. The van der Waals surface area contributed by atoms with E-state index in [0.29, 0.717) is 35.3 Å². The highest BCUT2D eigenvalue weighted by atomic mass is 16.2. The number of carbonyl (C=O) groups excluding carboxylic acids is 1. The molecule has 3 N–H and O–H groups in total. The lowest BCUT2D eigenvalue weighted by Gasteiger charge is -2.36. The normalized spacial score (nSPS) is 16.2. The molecule has 0 atom stereocenters. The molecule has 1 aliphatic rings. The van der Waals surface area contributed by atoms with Crippen LogP contribution in [0.5, 0.6) is 0 Å². The number of hydrogen-bond donors (Lipinski definition) is 3. The van der Waals surface area contributed by atoms with E-state index >= 15 is 0 Å². The number of benzene rings is 1. The molecule has 6 rings (SSSR count). The Morgan fingerprint density at radius 1 is 1.07 bits per heavy atom. The van der Waals surface area contributed by atoms with Gasteiger partial charge in [0, 0.05) is 49.2 Å². The second-order valence-corrected chi connectivity index (χ2v) is 11.0. The van der Waals surface area contributed by atoms with Crippen LogP contribution < -0.4 is 15.5 Å². The van der Waals surface area contributed by atoms with Gasteiger partial charge < -0.3 is 10.6 Å². The predicted octanol–water partition coefficient (Wildman–Crippen LogP) is 4.98. The van der Waals surface area contributed by atoms with Crippen LogP contribution in [0.1, 0.15) is 42.5 Å². The lowest BCUT2D eigenvalue weighted by Crippen LogP contribution is -2.49. The zero-order chi connectivity index (χ0) is 30.5. The monoisotopic (exact) mass is 587 g/mol. The summed E-state index contributed by atoms with van der Waals surface area (Å²) in [5.41, 5.74) is 5.31. The highest BCUT2D eigenvalue weighted by molar-refractivity contribution is 5.91. The van der Waals surface area contributed by atoms with Crippen LogP contribution >= 0.6 is 0 Å². The third kappa shape index (κ3) is 6.42. The number of anilines is 2. The zero-order valence-electron chi connectivity index (χ0n) is 24.6. The molecular formula is C32H33N11O. The Labute approximate surface area is 255 Å². The van der Waals surface area contributed by atoms with Crippen LogP contribution in [0.15, 0.2) is 73.3 Å². The quantitative estimate of drug-likeness (QED) is 0.230. The molecule has 44 heavy (non-hydrogen) atoms. The van der Waals surface area contributed by atoms with Crippen LogP contribution in [0, 0.1) is 18.3 Å². The summed E-state index contributed by atoms with van der Waals surface area (Å²) in [6.45, 7) is 2.30. The lowest BCUT2D eigenvalue weighted by atomic mass is 9.90. The number of hydrogen-bond acceptors (Lipinski definition) is 8. The first-order valence-corrected chi connectivity index (χ1v) is 14.6. The molecule has 12 heteroatoms. The SMILES string of the molecule is Cc1cc(-c2nc(N[C@H]3CC[C@H](N(C(=O)NCc4ccccc4)c4ccc(-c5cnn(C)c5)cn4)CC3)ncc2C#N)[nH]n1. The van der Waals surface area contributed by atoms with Crippen molar-refractivity contribution in [3.63, 3.8) is 0 Å². The largest absolute Gasteiger partial charge is 0.351 e. The average Bonchev–Trinajstić information content (AvgIpc) is 3.70. The number of nitriles is 1. The minimum Gasteiger partial charge on any atom is -0.351 e. The highest BCUT2D eigenvalue weighted by Gasteiger charge is 2.31. The van der Waals surface area contributed by atoms with Crippen molar-refractivity contribution in [1.82, 2.24) is 40.2 Å². The number of rotatable bonds is 8. The molecule has 12 nitrogen and oxygen atoms in total. The van der Waals surface area contributed by atoms with Crippen molar-refractivity contribution in [1.29, 1.82) is 5.26 Å². The van der Waals surface area contributed by atoms with Gasteiger partial charge in [-0.15, -0.1) is 0 Å². The van der Waals surface area contributed by atoms with E-state index < -0.39 is 0 Å². The van der Waals surface area contributed by atoms with Gasteiger partial charge in [0.1, 0.15) is 17.6 Å². The molecule has 1 aliphatic carbocycles. The van der Waals surface area contributed by atoms with Crippen molar-refractivity contribution in [2.24, 2.45) is 7.05 Å². The number of aryl methyl sites for hydroxylation is 2. The van der Waals surface area contributed by atoms with E-state index in [4.69, 9.17) is 4.98 Å². The second-order valence-electron chi connectivity index (χ2n) is 11.0. The first kappa shape index (κ1) is 28.5. The second kappa shape index (κ2) is 12.7. The predicted molar refractivity (Wildman–Crippen MR) is 166 cm³/mol.